The molecule has 6 nitrogen and oxygen atoms in total. The summed E-state index contributed by atoms with van der Waals surface area (Å²) in [6, 6.07) is 5.69. The van der Waals surface area contributed by atoms with Crippen molar-refractivity contribution in [3.05, 3.63) is 40.4 Å². The van der Waals surface area contributed by atoms with Crippen LogP contribution in [0, 0.1) is 12.3 Å². The number of carbonyl (C=O) groups is 1. The largest absolute Gasteiger partial charge is 0.342 e. The molecule has 2 N–H and O–H groups in total. The first-order valence-corrected chi connectivity index (χ1v) is 8.78. The normalized spacial score (nSPS) is 19.2. The van der Waals surface area contributed by atoms with Crippen LogP contribution < -0.4 is 11.3 Å². The minimum Gasteiger partial charge on any atom is -0.342 e. The fraction of sp³-hybridized carbons (Fsp3) is 0.526. The van der Waals surface area contributed by atoms with E-state index in [1.807, 2.05) is 24.0 Å². The van der Waals surface area contributed by atoms with Gasteiger partial charge in [0.1, 0.15) is 0 Å². The van der Waals surface area contributed by atoms with Crippen LogP contribution in [0.5, 0.6) is 0 Å². The molecule has 1 aromatic heterocycles. The maximum Gasteiger partial charge on any atom is 0.261 e. The van der Waals surface area contributed by atoms with Crippen molar-refractivity contribution < 1.29 is 4.79 Å². The van der Waals surface area contributed by atoms with Gasteiger partial charge in [0.15, 0.2) is 0 Å². The standard InChI is InChI=1S/C19H26N4O2.ClH/c1-13-5-4-6-14-17(13)21-12-23(18(14)25)10-8-16(24)22-9-7-15(20)19(2,3)11-22;/h4-6,12,15H,7-11,20H2,1-3H3;1H. The highest BCUT2D eigenvalue weighted by molar-refractivity contribution is 5.85. The van der Waals surface area contributed by atoms with Crippen molar-refractivity contribution in [2.75, 3.05) is 13.1 Å². The quantitative estimate of drug-likeness (QED) is 0.886. The number of piperidine rings is 1. The van der Waals surface area contributed by atoms with Crippen molar-refractivity contribution in [3.8, 4) is 0 Å². The van der Waals surface area contributed by atoms with Crippen LogP contribution in [0.25, 0.3) is 10.9 Å². The number of nitrogens with two attached hydrogens (primary N) is 1. The van der Waals surface area contributed by atoms with E-state index in [-0.39, 0.29) is 35.3 Å². The van der Waals surface area contributed by atoms with E-state index >= 15 is 0 Å². The highest BCUT2D eigenvalue weighted by atomic mass is 35.5. The Labute approximate surface area is 159 Å². The molecule has 0 aliphatic carbocycles. The van der Waals surface area contributed by atoms with Gasteiger partial charge in [-0.05, 0) is 30.4 Å². The summed E-state index contributed by atoms with van der Waals surface area (Å²) < 4.78 is 1.53. The van der Waals surface area contributed by atoms with Gasteiger partial charge < -0.3 is 10.6 Å². The number of likely N-dealkylation sites (tertiary alicyclic amines) is 1. The molecular formula is C19H27ClN4O2. The Hall–Kier alpha value is -1.92. The summed E-state index contributed by atoms with van der Waals surface area (Å²) in [5.74, 6) is 0.0659. The molecule has 0 bridgehead atoms. The summed E-state index contributed by atoms with van der Waals surface area (Å²) in [6.45, 7) is 7.82. The Morgan fingerprint density at radius 3 is 2.81 bits per heavy atom. The summed E-state index contributed by atoms with van der Waals surface area (Å²) in [5, 5.41) is 0.597. The smallest absolute Gasteiger partial charge is 0.261 e. The first-order chi connectivity index (χ1) is 11.8. The molecule has 1 aromatic carbocycles. The fourth-order valence-corrected chi connectivity index (χ4v) is 3.46. The van der Waals surface area contributed by atoms with Crippen molar-refractivity contribution in [3.63, 3.8) is 0 Å². The van der Waals surface area contributed by atoms with Crippen LogP contribution >= 0.6 is 12.4 Å². The molecule has 1 saturated heterocycles. The van der Waals surface area contributed by atoms with Crippen molar-refractivity contribution in [2.45, 2.75) is 46.2 Å². The van der Waals surface area contributed by atoms with Gasteiger partial charge >= 0.3 is 0 Å². The first kappa shape index (κ1) is 20.4. The Balaban J connectivity index is 0.00000243. The average molecular weight is 379 g/mol. The van der Waals surface area contributed by atoms with Crippen LogP contribution in [0.1, 0.15) is 32.3 Å². The molecule has 1 aliphatic heterocycles. The number of hydrogen-bond donors (Lipinski definition) is 1. The van der Waals surface area contributed by atoms with E-state index < -0.39 is 0 Å². The van der Waals surface area contributed by atoms with Crippen molar-refractivity contribution in [2.24, 2.45) is 11.1 Å². The van der Waals surface area contributed by atoms with E-state index in [0.29, 0.717) is 31.4 Å². The van der Waals surface area contributed by atoms with E-state index in [1.165, 1.54) is 4.57 Å². The Kier molecular flexibility index (Phi) is 6.09. The molecule has 0 saturated carbocycles. The van der Waals surface area contributed by atoms with Crippen LogP contribution in [0.3, 0.4) is 0 Å². The molecular weight excluding hydrogens is 352 g/mol. The highest BCUT2D eigenvalue weighted by Gasteiger charge is 2.35. The number of fused-ring (bicyclic) bond motifs is 1. The lowest BCUT2D eigenvalue weighted by Crippen LogP contribution is -2.54. The predicted octanol–water partition coefficient (Wildman–Crippen LogP) is 2.10. The first-order valence-electron chi connectivity index (χ1n) is 8.78. The monoisotopic (exact) mass is 378 g/mol. The van der Waals surface area contributed by atoms with Gasteiger partial charge in [-0.2, -0.15) is 0 Å². The highest BCUT2D eigenvalue weighted by Crippen LogP contribution is 2.28. The average Bonchev–Trinajstić information content (AvgIpc) is 2.57. The van der Waals surface area contributed by atoms with Gasteiger partial charge in [-0.1, -0.05) is 26.0 Å². The summed E-state index contributed by atoms with van der Waals surface area (Å²) >= 11 is 0. The Morgan fingerprint density at radius 1 is 1.38 bits per heavy atom. The second kappa shape index (κ2) is 7.76. The molecule has 1 unspecified atom stereocenters. The molecule has 1 amide bonds. The second-order valence-electron chi connectivity index (χ2n) is 7.66. The van der Waals surface area contributed by atoms with Crippen molar-refractivity contribution >= 4 is 29.2 Å². The third-order valence-electron chi connectivity index (χ3n) is 5.29. The zero-order chi connectivity index (χ0) is 18.2. The summed E-state index contributed by atoms with van der Waals surface area (Å²) in [7, 11) is 0. The zero-order valence-electron chi connectivity index (χ0n) is 15.6. The molecule has 0 radical (unpaired) electrons. The molecule has 0 spiro atoms. The number of halogens is 1. The summed E-state index contributed by atoms with van der Waals surface area (Å²) in [4.78, 5) is 31.4. The molecule has 2 aromatic rings. The number of amides is 1. The topological polar surface area (TPSA) is 81.2 Å². The van der Waals surface area contributed by atoms with E-state index in [4.69, 9.17) is 5.73 Å². The van der Waals surface area contributed by atoms with Crippen LogP contribution in [-0.4, -0.2) is 39.5 Å². The minimum absolute atomic E-state index is 0. The number of hydrogen-bond acceptors (Lipinski definition) is 4. The number of rotatable bonds is 3. The summed E-state index contributed by atoms with van der Waals surface area (Å²) in [5.41, 5.74) is 7.66. The minimum atomic E-state index is -0.0949. The van der Waals surface area contributed by atoms with Gasteiger partial charge in [0, 0.05) is 32.1 Å². The number of nitrogens with zero attached hydrogens (tertiary/aromatic N) is 3. The van der Waals surface area contributed by atoms with Crippen LogP contribution in [0.2, 0.25) is 0 Å². The van der Waals surface area contributed by atoms with Gasteiger partial charge in [-0.25, -0.2) is 4.98 Å². The maximum atomic E-state index is 12.6. The molecule has 26 heavy (non-hydrogen) atoms. The molecule has 3 rings (SSSR count). The van der Waals surface area contributed by atoms with Gasteiger partial charge in [-0.3, -0.25) is 14.2 Å². The number of benzene rings is 1. The number of carbonyl (C=O) groups excluding carboxylic acids is 1. The molecule has 2 heterocycles. The SMILES string of the molecule is Cc1cccc2c(=O)n(CCC(=O)N3CCC(N)C(C)(C)C3)cnc12.Cl. The molecule has 1 atom stereocenters. The van der Waals surface area contributed by atoms with Crippen LogP contribution in [-0.2, 0) is 11.3 Å². The lowest BCUT2D eigenvalue weighted by molar-refractivity contribution is -0.134. The van der Waals surface area contributed by atoms with Crippen molar-refractivity contribution in [1.29, 1.82) is 0 Å². The number of para-hydroxylation sites is 1. The van der Waals surface area contributed by atoms with Gasteiger partial charge in [0.2, 0.25) is 5.91 Å². The molecule has 7 heteroatoms. The van der Waals surface area contributed by atoms with E-state index in [1.54, 1.807) is 12.4 Å². The lowest BCUT2D eigenvalue weighted by Gasteiger charge is -2.42. The predicted molar refractivity (Wildman–Crippen MR) is 106 cm³/mol. The Morgan fingerprint density at radius 2 is 2.12 bits per heavy atom. The number of aryl methyl sites for hydroxylation is 2. The summed E-state index contributed by atoms with van der Waals surface area (Å²) in [6.07, 6.45) is 2.65. The fourth-order valence-electron chi connectivity index (χ4n) is 3.46. The van der Waals surface area contributed by atoms with Crippen molar-refractivity contribution in [1.82, 2.24) is 14.5 Å². The molecule has 1 aliphatic rings. The third kappa shape index (κ3) is 3.91. The van der Waals surface area contributed by atoms with Crippen LogP contribution in [0.15, 0.2) is 29.3 Å². The second-order valence-corrected chi connectivity index (χ2v) is 7.66. The third-order valence-corrected chi connectivity index (χ3v) is 5.29. The Bertz CT molecular complexity index is 862. The van der Waals surface area contributed by atoms with Crippen LogP contribution in [0.4, 0.5) is 0 Å². The lowest BCUT2D eigenvalue weighted by atomic mass is 9.79. The van der Waals surface area contributed by atoms with Gasteiger partial charge in [0.05, 0.1) is 17.2 Å². The van der Waals surface area contributed by atoms with Gasteiger partial charge in [-0.15, -0.1) is 12.4 Å². The molecule has 1 fully saturated rings. The maximum absolute atomic E-state index is 12.6. The van der Waals surface area contributed by atoms with E-state index in [2.05, 4.69) is 18.8 Å². The zero-order valence-corrected chi connectivity index (χ0v) is 16.4. The van der Waals surface area contributed by atoms with E-state index in [9.17, 15) is 9.59 Å². The molecule has 142 valence electrons. The van der Waals surface area contributed by atoms with Gasteiger partial charge in [0.25, 0.3) is 5.56 Å². The number of aromatic nitrogens is 2. The van der Waals surface area contributed by atoms with E-state index in [0.717, 1.165) is 17.5 Å².